The highest BCUT2D eigenvalue weighted by Crippen LogP contribution is 2.46. The average Bonchev–Trinajstić information content (AvgIpc) is 3.75. The topological polar surface area (TPSA) is 29.5 Å². The van der Waals surface area contributed by atoms with E-state index < -0.39 is 0 Å². The van der Waals surface area contributed by atoms with Crippen LogP contribution >= 0.6 is 0 Å². The molecule has 0 atom stereocenters. The molecule has 0 fully saturated rings. The third-order valence-corrected chi connectivity index (χ3v) is 9.66. The molecule has 230 valence electrons. The Morgan fingerprint density at radius 2 is 0.959 bits per heavy atom. The van der Waals surface area contributed by atoms with Gasteiger partial charge in [0.2, 0.25) is 0 Å². The second-order valence-electron chi connectivity index (χ2n) is 12.5. The smallest absolute Gasteiger partial charge is 0.159 e. The Balaban J connectivity index is 1.25. The van der Waals surface area contributed by atoms with Crippen molar-refractivity contribution in [1.29, 1.82) is 0 Å². The van der Waals surface area contributed by atoms with E-state index in [9.17, 15) is 0 Å². The Morgan fingerprint density at radius 3 is 1.73 bits per heavy atom. The van der Waals surface area contributed by atoms with Gasteiger partial charge in [-0.3, -0.25) is 0 Å². The molecular weight excluding hydrogens is 599 g/mol. The molecule has 0 saturated heterocycles. The van der Waals surface area contributed by atoms with E-state index in [1.807, 2.05) is 24.3 Å². The third kappa shape index (κ3) is 4.44. The van der Waals surface area contributed by atoms with Crippen molar-refractivity contribution in [2.24, 2.45) is 0 Å². The largest absolute Gasteiger partial charge is 0.456 e. The van der Waals surface area contributed by atoms with Crippen LogP contribution < -0.4 is 4.90 Å². The minimum absolute atomic E-state index is 0.857. The van der Waals surface area contributed by atoms with E-state index in [-0.39, 0.29) is 0 Å². The van der Waals surface area contributed by atoms with E-state index in [2.05, 4.69) is 157 Å². The lowest BCUT2D eigenvalue weighted by Crippen LogP contribution is -2.10. The van der Waals surface area contributed by atoms with Gasteiger partial charge in [-0.15, -0.1) is 0 Å². The van der Waals surface area contributed by atoms with Gasteiger partial charge in [-0.1, -0.05) is 127 Å². The van der Waals surface area contributed by atoms with Crippen molar-refractivity contribution in [3.05, 3.63) is 176 Å². The molecule has 0 bridgehead atoms. The van der Waals surface area contributed by atoms with Gasteiger partial charge in [0, 0.05) is 32.9 Å². The van der Waals surface area contributed by atoms with Crippen LogP contribution in [0.25, 0.3) is 76.9 Å². The quantitative estimate of drug-likeness (QED) is 0.190. The van der Waals surface area contributed by atoms with Crippen LogP contribution in [0.4, 0.5) is 17.1 Å². The Labute approximate surface area is 282 Å². The molecule has 10 rings (SSSR count). The van der Waals surface area contributed by atoms with Gasteiger partial charge in [0.25, 0.3) is 0 Å². The highest BCUT2D eigenvalue weighted by molar-refractivity contribution is 6.22. The van der Waals surface area contributed by atoms with E-state index >= 15 is 0 Å². The number of benzene rings is 8. The van der Waals surface area contributed by atoms with Crippen LogP contribution in [0.3, 0.4) is 0 Å². The van der Waals surface area contributed by atoms with Gasteiger partial charge in [0.1, 0.15) is 16.7 Å². The number of rotatable bonds is 5. The summed E-state index contributed by atoms with van der Waals surface area (Å²) in [5, 5.41) is 6.77. The lowest BCUT2D eigenvalue weighted by atomic mass is 9.94. The van der Waals surface area contributed by atoms with Crippen LogP contribution in [0.5, 0.6) is 0 Å². The SMILES string of the molecule is c1ccc(-c2ccc(N(c3ccc4c(c3)c(-c3ccccc3)cc3oc5ccccc5c34)c3cccc4c3oc3ccccc34)cc2)cc1. The monoisotopic (exact) mass is 627 g/mol. The molecule has 0 unspecified atom stereocenters. The van der Waals surface area contributed by atoms with E-state index in [4.69, 9.17) is 8.83 Å². The van der Waals surface area contributed by atoms with E-state index in [1.165, 1.54) is 11.1 Å². The third-order valence-electron chi connectivity index (χ3n) is 9.66. The zero-order valence-corrected chi connectivity index (χ0v) is 26.5. The summed E-state index contributed by atoms with van der Waals surface area (Å²) < 4.78 is 13.1. The maximum atomic E-state index is 6.62. The average molecular weight is 628 g/mol. The number of nitrogens with zero attached hydrogens (tertiary/aromatic N) is 1. The van der Waals surface area contributed by atoms with Crippen LogP contribution in [0.15, 0.2) is 185 Å². The fourth-order valence-corrected chi connectivity index (χ4v) is 7.39. The van der Waals surface area contributed by atoms with Gasteiger partial charge in [-0.25, -0.2) is 0 Å². The second-order valence-corrected chi connectivity index (χ2v) is 12.5. The first-order valence-electron chi connectivity index (χ1n) is 16.6. The summed E-state index contributed by atoms with van der Waals surface area (Å²) in [5.41, 5.74) is 11.2. The molecule has 0 aliphatic carbocycles. The van der Waals surface area contributed by atoms with Crippen LogP contribution in [0, 0.1) is 0 Å². The molecule has 3 nitrogen and oxygen atoms in total. The number of para-hydroxylation sites is 3. The molecule has 0 N–H and O–H groups in total. The van der Waals surface area contributed by atoms with Gasteiger partial charge < -0.3 is 13.7 Å². The molecule has 0 amide bonds. The number of hydrogen-bond donors (Lipinski definition) is 0. The first-order valence-corrected chi connectivity index (χ1v) is 16.6. The Bertz CT molecular complexity index is 2810. The second kappa shape index (κ2) is 11.0. The minimum Gasteiger partial charge on any atom is -0.456 e. The van der Waals surface area contributed by atoms with Crippen LogP contribution in [-0.2, 0) is 0 Å². The van der Waals surface area contributed by atoms with Crippen LogP contribution in [0.1, 0.15) is 0 Å². The summed E-state index contributed by atoms with van der Waals surface area (Å²) >= 11 is 0. The first-order chi connectivity index (χ1) is 24.3. The number of furan rings is 2. The van der Waals surface area contributed by atoms with Gasteiger partial charge in [0.05, 0.1) is 5.69 Å². The summed E-state index contributed by atoms with van der Waals surface area (Å²) in [6, 6.07) is 62.0. The minimum atomic E-state index is 0.857. The summed E-state index contributed by atoms with van der Waals surface area (Å²) in [7, 11) is 0. The lowest BCUT2D eigenvalue weighted by Gasteiger charge is -2.26. The zero-order valence-electron chi connectivity index (χ0n) is 26.5. The maximum Gasteiger partial charge on any atom is 0.159 e. The molecule has 10 aromatic rings. The van der Waals surface area contributed by atoms with Crippen molar-refractivity contribution in [2.45, 2.75) is 0 Å². The van der Waals surface area contributed by atoms with Crippen molar-refractivity contribution in [3.63, 3.8) is 0 Å². The van der Waals surface area contributed by atoms with E-state index in [0.717, 1.165) is 82.8 Å². The Morgan fingerprint density at radius 1 is 0.347 bits per heavy atom. The predicted molar refractivity (Wildman–Crippen MR) is 204 cm³/mol. The zero-order chi connectivity index (χ0) is 32.3. The summed E-state index contributed by atoms with van der Waals surface area (Å²) in [4.78, 5) is 2.32. The van der Waals surface area contributed by atoms with E-state index in [1.54, 1.807) is 0 Å². The molecule has 0 aliphatic heterocycles. The summed E-state index contributed by atoms with van der Waals surface area (Å²) in [5.74, 6) is 0. The predicted octanol–water partition coefficient (Wildman–Crippen LogP) is 13.4. The number of hydrogen-bond acceptors (Lipinski definition) is 3. The van der Waals surface area contributed by atoms with Crippen molar-refractivity contribution >= 4 is 71.7 Å². The van der Waals surface area contributed by atoms with Crippen molar-refractivity contribution in [1.82, 2.24) is 0 Å². The van der Waals surface area contributed by atoms with Crippen LogP contribution in [0.2, 0.25) is 0 Å². The summed E-state index contributed by atoms with van der Waals surface area (Å²) in [6.45, 7) is 0. The molecule has 0 aliphatic rings. The molecule has 0 radical (unpaired) electrons. The molecule has 3 heteroatoms. The van der Waals surface area contributed by atoms with Gasteiger partial charge in [-0.05, 0) is 81.6 Å². The number of anilines is 3. The molecule has 49 heavy (non-hydrogen) atoms. The molecule has 2 aromatic heterocycles. The standard InChI is InChI=1S/C46H29NO2/c1-3-12-30(13-4-1)31-22-24-33(25-23-31)47(41-19-11-18-37-35-16-7-9-20-42(35)49-46(37)41)34-26-27-36-40(28-34)39(32-14-5-2-6-15-32)29-44-45(36)38-17-8-10-21-43(38)48-44/h1-29H. The number of fused-ring (bicyclic) bond motifs is 8. The highest BCUT2D eigenvalue weighted by Gasteiger charge is 2.22. The summed E-state index contributed by atoms with van der Waals surface area (Å²) in [6.07, 6.45) is 0. The van der Waals surface area contributed by atoms with E-state index in [0.29, 0.717) is 0 Å². The van der Waals surface area contributed by atoms with Crippen molar-refractivity contribution in [2.75, 3.05) is 4.90 Å². The van der Waals surface area contributed by atoms with Gasteiger partial charge >= 0.3 is 0 Å². The van der Waals surface area contributed by atoms with Crippen molar-refractivity contribution in [3.8, 4) is 22.3 Å². The van der Waals surface area contributed by atoms with Gasteiger partial charge in [0.15, 0.2) is 5.58 Å². The van der Waals surface area contributed by atoms with Crippen LogP contribution in [-0.4, -0.2) is 0 Å². The Hall–Kier alpha value is -6.58. The molecular formula is C46H29NO2. The van der Waals surface area contributed by atoms with Gasteiger partial charge in [-0.2, -0.15) is 0 Å². The fraction of sp³-hybridized carbons (Fsp3) is 0. The molecule has 8 aromatic carbocycles. The molecule has 0 saturated carbocycles. The molecule has 2 heterocycles. The first kappa shape index (κ1) is 27.5. The maximum absolute atomic E-state index is 6.62. The highest BCUT2D eigenvalue weighted by atomic mass is 16.3. The molecule has 0 spiro atoms. The fourth-order valence-electron chi connectivity index (χ4n) is 7.39. The van der Waals surface area contributed by atoms with Crippen molar-refractivity contribution < 1.29 is 8.83 Å². The normalized spacial score (nSPS) is 11.7. The lowest BCUT2D eigenvalue weighted by molar-refractivity contribution is 0.669. The Kier molecular flexibility index (Phi) is 6.18.